The highest BCUT2D eigenvalue weighted by Gasteiger charge is 2.23. The number of rotatable bonds is 9. The molecule has 2 unspecified atom stereocenters. The average Bonchev–Trinajstić information content (AvgIpc) is 2.51. The van der Waals surface area contributed by atoms with Crippen LogP contribution in [0.3, 0.4) is 0 Å². The fourth-order valence-corrected chi connectivity index (χ4v) is 2.70. The number of nitrogens with two attached hydrogens (primary N) is 1. The Morgan fingerprint density at radius 2 is 1.81 bits per heavy atom. The summed E-state index contributed by atoms with van der Waals surface area (Å²) in [6.07, 6.45) is 0. The van der Waals surface area contributed by atoms with E-state index in [-0.39, 0.29) is 6.04 Å². The molecule has 0 bridgehead atoms. The second-order valence-corrected chi connectivity index (χ2v) is 5.00. The van der Waals surface area contributed by atoms with Crippen LogP contribution in [-0.2, 0) is 4.74 Å². The number of likely N-dealkylation sites (N-methyl/N-ethyl adjacent to an activating group) is 1. The molecule has 2 N–H and O–H groups in total. The van der Waals surface area contributed by atoms with Gasteiger partial charge in [0.1, 0.15) is 0 Å². The molecule has 1 aromatic carbocycles. The third kappa shape index (κ3) is 4.33. The van der Waals surface area contributed by atoms with E-state index in [4.69, 9.17) is 19.9 Å². The van der Waals surface area contributed by atoms with Crippen LogP contribution < -0.4 is 15.2 Å². The van der Waals surface area contributed by atoms with Crippen molar-refractivity contribution in [1.82, 2.24) is 4.90 Å². The molecular weight excluding hydrogens is 268 g/mol. The molecule has 2 atom stereocenters. The van der Waals surface area contributed by atoms with Crippen molar-refractivity contribution in [2.45, 2.75) is 25.9 Å². The van der Waals surface area contributed by atoms with Gasteiger partial charge in [-0.25, -0.2) is 0 Å². The zero-order valence-corrected chi connectivity index (χ0v) is 13.8. The quantitative estimate of drug-likeness (QED) is 0.756. The summed E-state index contributed by atoms with van der Waals surface area (Å²) >= 11 is 0. The molecule has 0 heterocycles. The summed E-state index contributed by atoms with van der Waals surface area (Å²) in [5, 5.41) is 0. The second-order valence-electron chi connectivity index (χ2n) is 5.00. The van der Waals surface area contributed by atoms with Crippen molar-refractivity contribution in [1.29, 1.82) is 0 Å². The lowest BCUT2D eigenvalue weighted by Gasteiger charge is -2.35. The standard InChI is InChI=1S/C16H28N2O3/c1-6-18(12(2)11-19-3)14(10-17)13-7-8-15(20-4)16(9-13)21-5/h7-9,12,14H,6,10-11,17H2,1-5H3. The largest absolute Gasteiger partial charge is 0.493 e. The number of methoxy groups -OCH3 is 3. The van der Waals surface area contributed by atoms with E-state index in [1.165, 1.54) is 0 Å². The van der Waals surface area contributed by atoms with Crippen LogP contribution in [-0.4, -0.2) is 52.0 Å². The van der Waals surface area contributed by atoms with E-state index >= 15 is 0 Å². The molecule has 5 nitrogen and oxygen atoms in total. The Bertz CT molecular complexity index is 426. The zero-order valence-electron chi connectivity index (χ0n) is 13.8. The van der Waals surface area contributed by atoms with E-state index in [9.17, 15) is 0 Å². The van der Waals surface area contributed by atoms with E-state index in [0.717, 1.165) is 23.6 Å². The summed E-state index contributed by atoms with van der Waals surface area (Å²) < 4.78 is 15.9. The van der Waals surface area contributed by atoms with Crippen LogP contribution in [0.5, 0.6) is 11.5 Å². The molecule has 0 aromatic heterocycles. The minimum Gasteiger partial charge on any atom is -0.493 e. The predicted octanol–water partition coefficient (Wildman–Crippen LogP) is 2.06. The number of hydrogen-bond acceptors (Lipinski definition) is 5. The molecule has 0 aliphatic rings. The minimum atomic E-state index is 0.125. The molecule has 0 aliphatic carbocycles. The maximum atomic E-state index is 6.02. The monoisotopic (exact) mass is 296 g/mol. The predicted molar refractivity (Wildman–Crippen MR) is 85.1 cm³/mol. The van der Waals surface area contributed by atoms with Crippen LogP contribution >= 0.6 is 0 Å². The third-order valence-electron chi connectivity index (χ3n) is 3.76. The lowest BCUT2D eigenvalue weighted by atomic mass is 10.0. The molecule has 0 fully saturated rings. The highest BCUT2D eigenvalue weighted by atomic mass is 16.5. The van der Waals surface area contributed by atoms with Crippen molar-refractivity contribution in [3.63, 3.8) is 0 Å². The maximum Gasteiger partial charge on any atom is 0.161 e. The smallest absolute Gasteiger partial charge is 0.161 e. The highest BCUT2D eigenvalue weighted by Crippen LogP contribution is 2.32. The van der Waals surface area contributed by atoms with E-state index in [2.05, 4.69) is 18.7 Å². The van der Waals surface area contributed by atoms with Crippen LogP contribution in [0.2, 0.25) is 0 Å². The number of hydrogen-bond donors (Lipinski definition) is 1. The molecule has 0 aliphatic heterocycles. The zero-order chi connectivity index (χ0) is 15.8. The summed E-state index contributed by atoms with van der Waals surface area (Å²) in [6.45, 7) is 6.40. The molecule has 0 amide bonds. The second kappa shape index (κ2) is 8.87. The van der Waals surface area contributed by atoms with Gasteiger partial charge in [0.2, 0.25) is 0 Å². The van der Waals surface area contributed by atoms with E-state index in [0.29, 0.717) is 19.2 Å². The average molecular weight is 296 g/mol. The Balaban J connectivity index is 3.07. The summed E-state index contributed by atoms with van der Waals surface area (Å²) in [5.41, 5.74) is 7.15. The molecular formula is C16H28N2O3. The SMILES string of the molecule is CCN(C(C)COC)C(CN)c1ccc(OC)c(OC)c1. The minimum absolute atomic E-state index is 0.125. The number of nitrogens with zero attached hydrogens (tertiary/aromatic N) is 1. The first-order valence-corrected chi connectivity index (χ1v) is 7.29. The Labute approximate surface area is 128 Å². The van der Waals surface area contributed by atoms with Gasteiger partial charge in [-0.1, -0.05) is 13.0 Å². The van der Waals surface area contributed by atoms with Gasteiger partial charge in [-0.15, -0.1) is 0 Å². The van der Waals surface area contributed by atoms with Crippen molar-refractivity contribution in [2.75, 3.05) is 41.0 Å². The Morgan fingerprint density at radius 3 is 2.29 bits per heavy atom. The first kappa shape index (κ1) is 17.8. The molecule has 21 heavy (non-hydrogen) atoms. The third-order valence-corrected chi connectivity index (χ3v) is 3.76. The van der Waals surface area contributed by atoms with Gasteiger partial charge < -0.3 is 19.9 Å². The first-order chi connectivity index (χ1) is 10.1. The highest BCUT2D eigenvalue weighted by molar-refractivity contribution is 5.44. The van der Waals surface area contributed by atoms with Crippen molar-refractivity contribution in [2.24, 2.45) is 5.73 Å². The number of benzene rings is 1. The van der Waals surface area contributed by atoms with E-state index in [1.807, 2.05) is 18.2 Å². The van der Waals surface area contributed by atoms with Crippen LogP contribution in [0.1, 0.15) is 25.5 Å². The van der Waals surface area contributed by atoms with Crippen molar-refractivity contribution < 1.29 is 14.2 Å². The summed E-state index contributed by atoms with van der Waals surface area (Å²) in [7, 11) is 5.00. The Kier molecular flexibility index (Phi) is 7.50. The molecule has 0 spiro atoms. The number of ether oxygens (including phenoxy) is 3. The van der Waals surface area contributed by atoms with Crippen LogP contribution in [0, 0.1) is 0 Å². The lowest BCUT2D eigenvalue weighted by Crippen LogP contribution is -2.42. The molecule has 0 saturated carbocycles. The van der Waals surface area contributed by atoms with Crippen LogP contribution in [0.15, 0.2) is 18.2 Å². The van der Waals surface area contributed by atoms with Crippen molar-refractivity contribution in [3.8, 4) is 11.5 Å². The Hall–Kier alpha value is -1.30. The van der Waals surface area contributed by atoms with Gasteiger partial charge in [0, 0.05) is 25.7 Å². The molecule has 120 valence electrons. The van der Waals surface area contributed by atoms with Gasteiger partial charge in [0.05, 0.1) is 20.8 Å². The molecule has 0 radical (unpaired) electrons. The van der Waals surface area contributed by atoms with E-state index < -0.39 is 0 Å². The van der Waals surface area contributed by atoms with Crippen LogP contribution in [0.4, 0.5) is 0 Å². The van der Waals surface area contributed by atoms with Crippen molar-refractivity contribution in [3.05, 3.63) is 23.8 Å². The van der Waals surface area contributed by atoms with Gasteiger partial charge in [-0.2, -0.15) is 0 Å². The molecule has 1 aromatic rings. The maximum absolute atomic E-state index is 6.02. The summed E-state index contributed by atoms with van der Waals surface area (Å²) in [4.78, 5) is 2.34. The molecule has 5 heteroatoms. The molecule has 0 saturated heterocycles. The van der Waals surface area contributed by atoms with Gasteiger partial charge in [-0.3, -0.25) is 4.90 Å². The summed E-state index contributed by atoms with van der Waals surface area (Å²) in [5.74, 6) is 1.45. The summed E-state index contributed by atoms with van der Waals surface area (Å²) in [6, 6.07) is 6.38. The van der Waals surface area contributed by atoms with Gasteiger partial charge in [0.15, 0.2) is 11.5 Å². The van der Waals surface area contributed by atoms with E-state index in [1.54, 1.807) is 21.3 Å². The van der Waals surface area contributed by atoms with Crippen LogP contribution in [0.25, 0.3) is 0 Å². The fourth-order valence-electron chi connectivity index (χ4n) is 2.70. The van der Waals surface area contributed by atoms with Gasteiger partial charge >= 0.3 is 0 Å². The van der Waals surface area contributed by atoms with Gasteiger partial charge in [-0.05, 0) is 31.2 Å². The first-order valence-electron chi connectivity index (χ1n) is 7.29. The van der Waals surface area contributed by atoms with Crippen molar-refractivity contribution >= 4 is 0 Å². The lowest BCUT2D eigenvalue weighted by molar-refractivity contribution is 0.0750. The normalized spacial score (nSPS) is 14.0. The fraction of sp³-hybridized carbons (Fsp3) is 0.625. The Morgan fingerprint density at radius 1 is 1.14 bits per heavy atom. The molecule has 1 rings (SSSR count). The van der Waals surface area contributed by atoms with Gasteiger partial charge in [0.25, 0.3) is 0 Å². The topological polar surface area (TPSA) is 57.0 Å².